The molecule has 0 nitrogen and oxygen atoms in total. The Morgan fingerprint density at radius 2 is 1.67 bits per heavy atom. The fourth-order valence-electron chi connectivity index (χ4n) is 0. The molecule has 0 aliphatic heterocycles. The van der Waals surface area contributed by atoms with Gasteiger partial charge in [-0.05, 0) is 25.7 Å². The van der Waals surface area contributed by atoms with Crippen LogP contribution in [0, 0.1) is 19.3 Å². The van der Waals surface area contributed by atoms with Crippen molar-refractivity contribution < 1.29 is 0 Å². The first kappa shape index (κ1) is 6.00. The zero-order valence-corrected chi connectivity index (χ0v) is 4.36. The SMILES string of the molecule is [CH]CC([CH])(C)C. The summed E-state index contributed by atoms with van der Waals surface area (Å²) >= 11 is 0. The van der Waals surface area contributed by atoms with E-state index in [2.05, 4.69) is 0 Å². The highest BCUT2D eigenvalue weighted by molar-refractivity contribution is 4.70. The summed E-state index contributed by atoms with van der Waals surface area (Å²) in [4.78, 5) is 0. The van der Waals surface area contributed by atoms with Crippen molar-refractivity contribution in [3.05, 3.63) is 13.8 Å². The molecule has 0 rings (SSSR count). The first-order valence-electron chi connectivity index (χ1n) is 2.05. The third kappa shape index (κ3) is 4.00. The molecule has 0 atom stereocenters. The number of rotatable bonds is 1. The van der Waals surface area contributed by atoms with E-state index in [-0.39, 0.29) is 5.41 Å². The van der Waals surface area contributed by atoms with Crippen LogP contribution in [0.4, 0.5) is 0 Å². The Labute approximate surface area is 40.6 Å². The van der Waals surface area contributed by atoms with Gasteiger partial charge < -0.3 is 0 Å². The van der Waals surface area contributed by atoms with Gasteiger partial charge >= 0.3 is 0 Å². The molecule has 0 aromatic heterocycles. The second kappa shape index (κ2) is 1.63. The average Bonchev–Trinajstić information content (AvgIpc) is 1.35. The second-order valence-electron chi connectivity index (χ2n) is 2.19. The van der Waals surface area contributed by atoms with Gasteiger partial charge in [-0.2, -0.15) is 0 Å². The van der Waals surface area contributed by atoms with Gasteiger partial charge in [0.25, 0.3) is 0 Å². The monoisotopic (exact) mass is 82.1 g/mol. The van der Waals surface area contributed by atoms with Crippen molar-refractivity contribution in [1.29, 1.82) is 0 Å². The van der Waals surface area contributed by atoms with Gasteiger partial charge in [0.1, 0.15) is 0 Å². The van der Waals surface area contributed by atoms with E-state index >= 15 is 0 Å². The van der Waals surface area contributed by atoms with Crippen LogP contribution in [0.1, 0.15) is 20.3 Å². The summed E-state index contributed by atoms with van der Waals surface area (Å²) in [6, 6.07) is 0. The predicted octanol–water partition coefficient (Wildman–Crippen LogP) is 1.82. The highest BCUT2D eigenvalue weighted by Gasteiger charge is 2.04. The Bertz CT molecular complexity index is 29.8. The molecule has 4 radical (unpaired) electrons. The third-order valence-electron chi connectivity index (χ3n) is 0.526. The van der Waals surface area contributed by atoms with Gasteiger partial charge in [0.15, 0.2) is 0 Å². The van der Waals surface area contributed by atoms with Crippen molar-refractivity contribution in [2.75, 3.05) is 0 Å². The molecule has 0 aliphatic carbocycles. The molecule has 0 aromatic rings. The summed E-state index contributed by atoms with van der Waals surface area (Å²) in [5.41, 5.74) is -0.181. The first-order valence-corrected chi connectivity index (χ1v) is 2.05. The molecule has 0 aromatic carbocycles. The summed E-state index contributed by atoms with van der Waals surface area (Å²) in [5.74, 6) is 0. The van der Waals surface area contributed by atoms with Crippen LogP contribution in [0.15, 0.2) is 0 Å². The molecule has 0 heterocycles. The Morgan fingerprint density at radius 3 is 1.67 bits per heavy atom. The van der Waals surface area contributed by atoms with E-state index in [4.69, 9.17) is 13.8 Å². The molecule has 0 heteroatoms. The van der Waals surface area contributed by atoms with E-state index in [1.807, 2.05) is 13.8 Å². The van der Waals surface area contributed by atoms with Crippen LogP contribution in [0.3, 0.4) is 0 Å². The van der Waals surface area contributed by atoms with Crippen LogP contribution in [-0.2, 0) is 0 Å². The summed E-state index contributed by atoms with van der Waals surface area (Å²) in [6.45, 7) is 14.4. The molecule has 0 saturated heterocycles. The van der Waals surface area contributed by atoms with Crippen LogP contribution in [0.2, 0.25) is 0 Å². The molecule has 0 bridgehead atoms. The minimum atomic E-state index is -0.181. The standard InChI is InChI=1S/C6H10/c1-5-6(2,3)4/h1-2H,5H2,3-4H3. The zero-order valence-electron chi connectivity index (χ0n) is 4.36. The number of hydrogen-bond acceptors (Lipinski definition) is 0. The highest BCUT2D eigenvalue weighted by atomic mass is 14.1. The fraction of sp³-hybridized carbons (Fsp3) is 0.667. The van der Waals surface area contributed by atoms with Gasteiger partial charge in [-0.1, -0.05) is 13.8 Å². The summed E-state index contributed by atoms with van der Waals surface area (Å²) in [7, 11) is 0. The quantitative estimate of drug-likeness (QED) is 0.452. The van der Waals surface area contributed by atoms with Crippen LogP contribution in [-0.4, -0.2) is 0 Å². The maximum atomic E-state index is 5.41. The summed E-state index contributed by atoms with van der Waals surface area (Å²) in [5, 5.41) is 0. The van der Waals surface area contributed by atoms with E-state index in [0.29, 0.717) is 6.42 Å². The molecule has 0 spiro atoms. The lowest BCUT2D eigenvalue weighted by molar-refractivity contribution is 0.482. The molecule has 0 N–H and O–H groups in total. The van der Waals surface area contributed by atoms with E-state index in [1.54, 1.807) is 0 Å². The van der Waals surface area contributed by atoms with Gasteiger partial charge in [-0.3, -0.25) is 0 Å². The van der Waals surface area contributed by atoms with E-state index in [0.717, 1.165) is 0 Å². The minimum absolute atomic E-state index is 0.181. The van der Waals surface area contributed by atoms with Crippen molar-refractivity contribution in [2.24, 2.45) is 5.41 Å². The summed E-state index contributed by atoms with van der Waals surface area (Å²) in [6.07, 6.45) is 0.549. The minimum Gasteiger partial charge on any atom is -0.0596 e. The summed E-state index contributed by atoms with van der Waals surface area (Å²) < 4.78 is 0. The van der Waals surface area contributed by atoms with Crippen LogP contribution in [0.5, 0.6) is 0 Å². The molecule has 0 aliphatic rings. The van der Waals surface area contributed by atoms with Gasteiger partial charge in [-0.25, -0.2) is 0 Å². The maximum absolute atomic E-state index is 5.41. The Kier molecular flexibility index (Phi) is 1.63. The fourth-order valence-corrected chi connectivity index (χ4v) is 0. The van der Waals surface area contributed by atoms with Crippen LogP contribution < -0.4 is 0 Å². The molecule has 6 heavy (non-hydrogen) atoms. The van der Waals surface area contributed by atoms with Crippen molar-refractivity contribution in [2.45, 2.75) is 20.3 Å². The molecular weight excluding hydrogens is 72.1 g/mol. The van der Waals surface area contributed by atoms with Gasteiger partial charge in [0, 0.05) is 0 Å². The maximum Gasteiger partial charge on any atom is -0.0290 e. The van der Waals surface area contributed by atoms with Crippen LogP contribution >= 0.6 is 0 Å². The Balaban J connectivity index is 3.17. The largest absolute Gasteiger partial charge is 0.0596 e. The van der Waals surface area contributed by atoms with Gasteiger partial charge in [-0.15, -0.1) is 0 Å². The van der Waals surface area contributed by atoms with Crippen molar-refractivity contribution in [3.8, 4) is 0 Å². The Morgan fingerprint density at radius 1 is 1.50 bits per heavy atom. The second-order valence-corrected chi connectivity index (χ2v) is 2.19. The normalized spacial score (nSPS) is 12.0. The van der Waals surface area contributed by atoms with Gasteiger partial charge in [0.2, 0.25) is 0 Å². The molecular formula is C6H10. The predicted molar refractivity (Wildman–Crippen MR) is 27.0 cm³/mol. The number of hydrogen-bond donors (Lipinski definition) is 0. The lowest BCUT2D eigenvalue weighted by Crippen LogP contribution is -2.01. The topological polar surface area (TPSA) is 0 Å². The third-order valence-corrected chi connectivity index (χ3v) is 0.526. The van der Waals surface area contributed by atoms with Crippen molar-refractivity contribution in [3.63, 3.8) is 0 Å². The molecule has 34 valence electrons. The lowest BCUT2D eigenvalue weighted by atomic mass is 9.94. The molecule has 0 amide bonds. The van der Waals surface area contributed by atoms with E-state index in [9.17, 15) is 0 Å². The molecule has 0 unspecified atom stereocenters. The first-order chi connectivity index (χ1) is 2.56. The Hall–Kier alpha value is 0. The molecule has 0 fully saturated rings. The van der Waals surface area contributed by atoms with E-state index < -0.39 is 0 Å². The lowest BCUT2D eigenvalue weighted by Gasteiger charge is -2.11. The van der Waals surface area contributed by atoms with E-state index in [1.165, 1.54) is 0 Å². The zero-order chi connectivity index (χ0) is 5.21. The van der Waals surface area contributed by atoms with Gasteiger partial charge in [0.05, 0.1) is 0 Å². The van der Waals surface area contributed by atoms with Crippen molar-refractivity contribution in [1.82, 2.24) is 0 Å². The molecule has 0 saturated carbocycles. The van der Waals surface area contributed by atoms with Crippen LogP contribution in [0.25, 0.3) is 0 Å². The van der Waals surface area contributed by atoms with Crippen molar-refractivity contribution >= 4 is 0 Å². The average molecular weight is 82.1 g/mol. The smallest absolute Gasteiger partial charge is 0.0290 e. The highest BCUT2D eigenvalue weighted by Crippen LogP contribution is 2.15.